The summed E-state index contributed by atoms with van der Waals surface area (Å²) in [5.41, 5.74) is 1.70. The highest BCUT2D eigenvalue weighted by atomic mass is 15.2. The predicted molar refractivity (Wildman–Crippen MR) is 74.4 cm³/mol. The molecule has 1 aromatic rings. The van der Waals surface area contributed by atoms with Gasteiger partial charge in [-0.2, -0.15) is 5.26 Å². The molecule has 0 bridgehead atoms. The van der Waals surface area contributed by atoms with E-state index in [0.29, 0.717) is 18.0 Å². The second kappa shape index (κ2) is 5.41. The molecule has 1 fully saturated rings. The minimum atomic E-state index is 0.450. The fourth-order valence-corrected chi connectivity index (χ4v) is 2.65. The molecule has 3 nitrogen and oxygen atoms in total. The second-order valence-electron chi connectivity index (χ2n) is 5.41. The summed E-state index contributed by atoms with van der Waals surface area (Å²) >= 11 is 0. The smallest absolute Gasteiger partial charge is 0.101 e. The number of hydrogen-bond acceptors (Lipinski definition) is 3. The van der Waals surface area contributed by atoms with Crippen molar-refractivity contribution in [2.75, 3.05) is 18.9 Å². The number of nitriles is 1. The van der Waals surface area contributed by atoms with Crippen molar-refractivity contribution in [3.05, 3.63) is 29.8 Å². The molecule has 0 radical (unpaired) electrons. The standard InChI is InChI=1S/C15H21N3/c1-11-10-18(3)12(2)8-15(11)17-14-7-5-4-6-13(14)9-16/h4-7,11-12,15,17H,8,10H2,1-3H3. The van der Waals surface area contributed by atoms with Crippen LogP contribution in [-0.4, -0.2) is 30.6 Å². The third-order valence-corrected chi connectivity index (χ3v) is 4.00. The monoisotopic (exact) mass is 243 g/mol. The van der Waals surface area contributed by atoms with Crippen LogP contribution in [0.4, 0.5) is 5.69 Å². The Labute approximate surface area is 109 Å². The lowest BCUT2D eigenvalue weighted by Crippen LogP contribution is -2.48. The number of hydrogen-bond donors (Lipinski definition) is 1. The number of benzene rings is 1. The van der Waals surface area contributed by atoms with E-state index in [1.165, 1.54) is 0 Å². The first-order valence-electron chi connectivity index (χ1n) is 6.57. The normalized spacial score (nSPS) is 28.7. The number of likely N-dealkylation sites (tertiary alicyclic amines) is 1. The molecule has 0 amide bonds. The van der Waals surface area contributed by atoms with Gasteiger partial charge in [0.25, 0.3) is 0 Å². The highest BCUT2D eigenvalue weighted by molar-refractivity contribution is 5.57. The Morgan fingerprint density at radius 2 is 2.06 bits per heavy atom. The lowest BCUT2D eigenvalue weighted by molar-refractivity contribution is 0.145. The van der Waals surface area contributed by atoms with Gasteiger partial charge in [0, 0.05) is 18.6 Å². The van der Waals surface area contributed by atoms with Crippen molar-refractivity contribution in [1.82, 2.24) is 4.90 Å². The molecular formula is C15H21N3. The predicted octanol–water partition coefficient (Wildman–Crippen LogP) is 2.70. The lowest BCUT2D eigenvalue weighted by Gasteiger charge is -2.40. The molecule has 1 N–H and O–H groups in total. The van der Waals surface area contributed by atoms with Crippen LogP contribution in [0.2, 0.25) is 0 Å². The zero-order valence-corrected chi connectivity index (χ0v) is 11.4. The molecule has 3 atom stereocenters. The molecule has 1 heterocycles. The summed E-state index contributed by atoms with van der Waals surface area (Å²) in [6, 6.07) is 11.0. The lowest BCUT2D eigenvalue weighted by atomic mass is 9.89. The Kier molecular flexibility index (Phi) is 3.88. The van der Waals surface area contributed by atoms with E-state index in [2.05, 4.69) is 37.2 Å². The minimum absolute atomic E-state index is 0.450. The highest BCUT2D eigenvalue weighted by Crippen LogP contribution is 2.25. The summed E-state index contributed by atoms with van der Waals surface area (Å²) < 4.78 is 0. The Bertz CT molecular complexity index is 449. The molecule has 3 heteroatoms. The third kappa shape index (κ3) is 2.65. The molecule has 1 aliphatic heterocycles. The van der Waals surface area contributed by atoms with E-state index >= 15 is 0 Å². The fourth-order valence-electron chi connectivity index (χ4n) is 2.65. The van der Waals surface area contributed by atoms with Gasteiger partial charge in [-0.15, -0.1) is 0 Å². The largest absolute Gasteiger partial charge is 0.381 e. The van der Waals surface area contributed by atoms with E-state index < -0.39 is 0 Å². The first-order valence-corrected chi connectivity index (χ1v) is 6.57. The zero-order valence-electron chi connectivity index (χ0n) is 11.4. The van der Waals surface area contributed by atoms with Gasteiger partial charge in [0.1, 0.15) is 6.07 Å². The van der Waals surface area contributed by atoms with Crippen LogP contribution in [0.3, 0.4) is 0 Å². The highest BCUT2D eigenvalue weighted by Gasteiger charge is 2.28. The molecule has 96 valence electrons. The Balaban J connectivity index is 2.12. The average Bonchev–Trinajstić information content (AvgIpc) is 2.36. The maximum absolute atomic E-state index is 9.11. The van der Waals surface area contributed by atoms with Crippen molar-refractivity contribution in [2.24, 2.45) is 5.92 Å². The molecule has 0 aliphatic carbocycles. The van der Waals surface area contributed by atoms with Gasteiger partial charge in [-0.25, -0.2) is 0 Å². The molecule has 2 rings (SSSR count). The van der Waals surface area contributed by atoms with Crippen molar-refractivity contribution in [1.29, 1.82) is 5.26 Å². The van der Waals surface area contributed by atoms with Crippen LogP contribution in [-0.2, 0) is 0 Å². The van der Waals surface area contributed by atoms with Gasteiger partial charge in [0.05, 0.1) is 11.3 Å². The number of piperidine rings is 1. The van der Waals surface area contributed by atoms with Gasteiger partial charge in [0.15, 0.2) is 0 Å². The molecule has 1 aromatic carbocycles. The topological polar surface area (TPSA) is 39.1 Å². The first kappa shape index (κ1) is 12.9. The summed E-state index contributed by atoms with van der Waals surface area (Å²) in [6.45, 7) is 5.64. The number of para-hydroxylation sites is 1. The number of nitrogens with one attached hydrogen (secondary N) is 1. The molecular weight excluding hydrogens is 222 g/mol. The molecule has 0 aromatic heterocycles. The van der Waals surface area contributed by atoms with E-state index in [4.69, 9.17) is 5.26 Å². The Morgan fingerprint density at radius 3 is 2.78 bits per heavy atom. The summed E-state index contributed by atoms with van der Waals surface area (Å²) in [5, 5.41) is 12.7. The zero-order chi connectivity index (χ0) is 13.1. The molecule has 1 saturated heterocycles. The van der Waals surface area contributed by atoms with Crippen molar-refractivity contribution >= 4 is 5.69 Å². The summed E-state index contributed by atoms with van der Waals surface area (Å²) in [4.78, 5) is 2.40. The first-order chi connectivity index (χ1) is 8.61. The quantitative estimate of drug-likeness (QED) is 0.868. The van der Waals surface area contributed by atoms with Crippen molar-refractivity contribution in [3.63, 3.8) is 0 Å². The van der Waals surface area contributed by atoms with Crippen LogP contribution < -0.4 is 5.32 Å². The van der Waals surface area contributed by atoms with Crippen LogP contribution in [0.1, 0.15) is 25.8 Å². The number of rotatable bonds is 2. The third-order valence-electron chi connectivity index (χ3n) is 4.00. The maximum Gasteiger partial charge on any atom is 0.101 e. The summed E-state index contributed by atoms with van der Waals surface area (Å²) in [7, 11) is 2.18. The molecule has 18 heavy (non-hydrogen) atoms. The SMILES string of the molecule is CC1CN(C)C(C)CC1Nc1ccccc1C#N. The molecule has 0 saturated carbocycles. The molecule has 1 aliphatic rings. The van der Waals surface area contributed by atoms with Crippen molar-refractivity contribution in [3.8, 4) is 6.07 Å². The van der Waals surface area contributed by atoms with Gasteiger partial charge in [-0.3, -0.25) is 0 Å². The van der Waals surface area contributed by atoms with Crippen molar-refractivity contribution < 1.29 is 0 Å². The average molecular weight is 243 g/mol. The van der Waals surface area contributed by atoms with Gasteiger partial charge >= 0.3 is 0 Å². The van der Waals surface area contributed by atoms with E-state index in [9.17, 15) is 0 Å². The summed E-state index contributed by atoms with van der Waals surface area (Å²) in [5.74, 6) is 0.595. The van der Waals surface area contributed by atoms with Crippen LogP contribution >= 0.6 is 0 Å². The molecule has 3 unspecified atom stereocenters. The van der Waals surface area contributed by atoms with Gasteiger partial charge in [-0.05, 0) is 38.4 Å². The number of anilines is 1. The summed E-state index contributed by atoms with van der Waals surface area (Å²) in [6.07, 6.45) is 1.12. The maximum atomic E-state index is 9.11. The van der Waals surface area contributed by atoms with Crippen LogP contribution in [0.5, 0.6) is 0 Å². The van der Waals surface area contributed by atoms with Crippen molar-refractivity contribution in [2.45, 2.75) is 32.4 Å². The Hall–Kier alpha value is -1.53. The van der Waals surface area contributed by atoms with Crippen LogP contribution in [0.15, 0.2) is 24.3 Å². The number of nitrogens with zero attached hydrogens (tertiary/aromatic N) is 2. The van der Waals surface area contributed by atoms with Gasteiger partial charge < -0.3 is 10.2 Å². The van der Waals surface area contributed by atoms with Gasteiger partial charge in [0.2, 0.25) is 0 Å². The van der Waals surface area contributed by atoms with E-state index in [0.717, 1.165) is 24.2 Å². The molecule has 0 spiro atoms. The van der Waals surface area contributed by atoms with E-state index in [1.54, 1.807) is 0 Å². The van der Waals surface area contributed by atoms with Crippen LogP contribution in [0, 0.1) is 17.2 Å². The fraction of sp³-hybridized carbons (Fsp3) is 0.533. The van der Waals surface area contributed by atoms with Gasteiger partial charge in [-0.1, -0.05) is 19.1 Å². The van der Waals surface area contributed by atoms with Crippen LogP contribution in [0.25, 0.3) is 0 Å². The minimum Gasteiger partial charge on any atom is -0.381 e. The van der Waals surface area contributed by atoms with E-state index in [-0.39, 0.29) is 0 Å². The van der Waals surface area contributed by atoms with E-state index in [1.807, 2.05) is 24.3 Å². The second-order valence-corrected chi connectivity index (χ2v) is 5.41. The Morgan fingerprint density at radius 1 is 1.33 bits per heavy atom.